The summed E-state index contributed by atoms with van der Waals surface area (Å²) in [5, 5.41) is -0.607. The molecule has 1 rings (SSSR count). The molecule has 1 aromatic rings. The summed E-state index contributed by atoms with van der Waals surface area (Å²) >= 11 is 3.10. The van der Waals surface area contributed by atoms with Gasteiger partial charge >= 0.3 is 0 Å². The molecule has 14 heavy (non-hydrogen) atoms. The van der Waals surface area contributed by atoms with Crippen LogP contribution in [0.25, 0.3) is 0 Å². The summed E-state index contributed by atoms with van der Waals surface area (Å²) < 4.78 is 24.2. The van der Waals surface area contributed by atoms with Crippen molar-refractivity contribution in [3.63, 3.8) is 0 Å². The summed E-state index contributed by atoms with van der Waals surface area (Å²) in [6, 6.07) is 8.36. The van der Waals surface area contributed by atoms with E-state index in [0.29, 0.717) is 9.38 Å². The maximum atomic E-state index is 11.9. The Balaban J connectivity index is 3.16. The first-order valence-electron chi connectivity index (χ1n) is 4.09. The third-order valence-corrected chi connectivity index (χ3v) is 5.11. The van der Waals surface area contributed by atoms with Gasteiger partial charge in [0.15, 0.2) is 9.84 Å². The molecule has 4 heteroatoms. The van der Waals surface area contributed by atoms with Crippen LogP contribution in [0, 0.1) is 0 Å². The number of sulfone groups is 1. The third-order valence-electron chi connectivity index (χ3n) is 1.98. The van der Waals surface area contributed by atoms with E-state index in [9.17, 15) is 8.42 Å². The zero-order valence-electron chi connectivity index (χ0n) is 7.77. The smallest absolute Gasteiger partial charge is 0.185 e. The first-order chi connectivity index (χ1) is 6.46. The van der Waals surface area contributed by atoms with Gasteiger partial charge in [-0.1, -0.05) is 40.7 Å². The highest BCUT2D eigenvalue weighted by molar-refractivity contribution is 9.11. The molecule has 0 heterocycles. The molecular formula is C10H11BrO2S. The van der Waals surface area contributed by atoms with Gasteiger partial charge in [-0.05, 0) is 19.1 Å². The number of hydrogen-bond acceptors (Lipinski definition) is 2. The van der Waals surface area contributed by atoms with Crippen molar-refractivity contribution in [3.05, 3.63) is 41.4 Å². The fraction of sp³-hybridized carbons (Fsp3) is 0.200. The fourth-order valence-corrected chi connectivity index (χ4v) is 3.00. The van der Waals surface area contributed by atoms with Gasteiger partial charge in [-0.3, -0.25) is 0 Å². The molecule has 1 aromatic carbocycles. The van der Waals surface area contributed by atoms with Crippen LogP contribution < -0.4 is 0 Å². The lowest BCUT2D eigenvalue weighted by atomic mass is 10.4. The molecule has 1 atom stereocenters. The third kappa shape index (κ3) is 2.25. The van der Waals surface area contributed by atoms with Crippen molar-refractivity contribution >= 4 is 25.8 Å². The van der Waals surface area contributed by atoms with Crippen molar-refractivity contribution in [3.8, 4) is 0 Å². The van der Waals surface area contributed by atoms with E-state index in [-0.39, 0.29) is 0 Å². The van der Waals surface area contributed by atoms with Crippen molar-refractivity contribution in [2.24, 2.45) is 0 Å². The van der Waals surface area contributed by atoms with Crippen LogP contribution in [0.5, 0.6) is 0 Å². The van der Waals surface area contributed by atoms with Crippen LogP contribution in [-0.4, -0.2) is 13.7 Å². The van der Waals surface area contributed by atoms with Crippen molar-refractivity contribution in [2.45, 2.75) is 17.1 Å². The Labute approximate surface area is 92.7 Å². The molecule has 0 aliphatic heterocycles. The van der Waals surface area contributed by atoms with Gasteiger partial charge in [0.25, 0.3) is 0 Å². The minimum absolute atomic E-state index is 0.327. The maximum Gasteiger partial charge on any atom is 0.185 e. The van der Waals surface area contributed by atoms with Gasteiger partial charge in [-0.2, -0.15) is 0 Å². The molecular weight excluding hydrogens is 264 g/mol. The number of hydrogen-bond donors (Lipinski definition) is 0. The van der Waals surface area contributed by atoms with Crippen LogP contribution in [-0.2, 0) is 9.84 Å². The van der Waals surface area contributed by atoms with Crippen LogP contribution in [0.2, 0.25) is 0 Å². The first-order valence-corrected chi connectivity index (χ1v) is 6.43. The second-order valence-corrected chi connectivity index (χ2v) is 6.23. The molecule has 0 saturated heterocycles. The predicted octanol–water partition coefficient (Wildman–Crippen LogP) is 2.76. The lowest BCUT2D eigenvalue weighted by Crippen LogP contribution is -2.17. The molecule has 0 amide bonds. The molecule has 0 N–H and O–H groups in total. The van der Waals surface area contributed by atoms with Crippen molar-refractivity contribution in [1.82, 2.24) is 0 Å². The molecule has 0 fully saturated rings. The molecule has 0 spiro atoms. The monoisotopic (exact) mass is 274 g/mol. The zero-order chi connectivity index (χ0) is 10.8. The van der Waals surface area contributed by atoms with E-state index < -0.39 is 15.1 Å². The van der Waals surface area contributed by atoms with Crippen molar-refractivity contribution in [1.29, 1.82) is 0 Å². The van der Waals surface area contributed by atoms with Gasteiger partial charge in [-0.15, -0.1) is 0 Å². The van der Waals surface area contributed by atoms with Gasteiger partial charge in [0, 0.05) is 4.48 Å². The lowest BCUT2D eigenvalue weighted by molar-refractivity contribution is 0.591. The SMILES string of the molecule is C=C(Br)C(C)S(=O)(=O)c1ccccc1. The largest absolute Gasteiger partial charge is 0.223 e. The quantitative estimate of drug-likeness (QED) is 0.850. The van der Waals surface area contributed by atoms with E-state index in [4.69, 9.17) is 0 Å². The molecule has 76 valence electrons. The van der Waals surface area contributed by atoms with E-state index in [0.717, 1.165) is 0 Å². The van der Waals surface area contributed by atoms with E-state index in [2.05, 4.69) is 22.5 Å². The Hall–Kier alpha value is -0.610. The van der Waals surface area contributed by atoms with Gasteiger partial charge < -0.3 is 0 Å². The fourth-order valence-electron chi connectivity index (χ4n) is 0.983. The summed E-state index contributed by atoms with van der Waals surface area (Å²) in [5.41, 5.74) is 0. The Morgan fingerprint density at radius 2 is 1.86 bits per heavy atom. The van der Waals surface area contributed by atoms with Gasteiger partial charge in [0.1, 0.15) is 0 Å². The maximum absolute atomic E-state index is 11.9. The van der Waals surface area contributed by atoms with Crippen LogP contribution in [0.4, 0.5) is 0 Å². The lowest BCUT2D eigenvalue weighted by Gasteiger charge is -2.11. The Kier molecular flexibility index (Phi) is 3.50. The van der Waals surface area contributed by atoms with E-state index in [1.807, 2.05) is 0 Å². The summed E-state index contributed by atoms with van der Waals surface area (Å²) in [4.78, 5) is 0.327. The average Bonchev–Trinajstić information content (AvgIpc) is 2.18. The highest BCUT2D eigenvalue weighted by atomic mass is 79.9. The van der Waals surface area contributed by atoms with Crippen molar-refractivity contribution in [2.75, 3.05) is 0 Å². The van der Waals surface area contributed by atoms with Gasteiger partial charge in [0.05, 0.1) is 10.1 Å². The first kappa shape index (κ1) is 11.5. The van der Waals surface area contributed by atoms with Gasteiger partial charge in [-0.25, -0.2) is 8.42 Å². The summed E-state index contributed by atoms with van der Waals surface area (Å²) in [6.45, 7) is 5.19. The zero-order valence-corrected chi connectivity index (χ0v) is 10.2. The topological polar surface area (TPSA) is 34.1 Å². The minimum atomic E-state index is -3.28. The van der Waals surface area contributed by atoms with Crippen LogP contribution >= 0.6 is 15.9 Å². The molecule has 0 saturated carbocycles. The predicted molar refractivity (Wildman–Crippen MR) is 61.2 cm³/mol. The molecule has 2 nitrogen and oxygen atoms in total. The molecule has 0 aliphatic carbocycles. The summed E-state index contributed by atoms with van der Waals surface area (Å²) in [5.74, 6) is 0. The normalized spacial score (nSPS) is 13.6. The summed E-state index contributed by atoms with van der Waals surface area (Å²) in [6.07, 6.45) is 0. The Morgan fingerprint density at radius 3 is 2.29 bits per heavy atom. The second-order valence-electron chi connectivity index (χ2n) is 2.95. The Morgan fingerprint density at radius 1 is 1.36 bits per heavy atom. The molecule has 0 radical (unpaired) electrons. The number of halogens is 1. The minimum Gasteiger partial charge on any atom is -0.223 e. The average molecular weight is 275 g/mol. The highest BCUT2D eigenvalue weighted by Crippen LogP contribution is 2.22. The second kappa shape index (κ2) is 4.28. The number of rotatable bonds is 3. The Bertz CT molecular complexity index is 423. The van der Waals surface area contributed by atoms with Crippen LogP contribution in [0.15, 0.2) is 46.3 Å². The van der Waals surface area contributed by atoms with E-state index >= 15 is 0 Å². The highest BCUT2D eigenvalue weighted by Gasteiger charge is 2.23. The molecule has 0 aromatic heterocycles. The molecule has 1 unspecified atom stereocenters. The molecule has 0 bridgehead atoms. The number of benzene rings is 1. The summed E-state index contributed by atoms with van der Waals surface area (Å²) in [7, 11) is -3.28. The van der Waals surface area contributed by atoms with Crippen LogP contribution in [0.3, 0.4) is 0 Å². The molecule has 0 aliphatic rings. The standard InChI is InChI=1S/C10H11BrO2S/c1-8(11)9(2)14(12,13)10-6-4-3-5-7-10/h3-7,9H,1H2,2H3. The van der Waals surface area contributed by atoms with Crippen LogP contribution in [0.1, 0.15) is 6.92 Å². The van der Waals surface area contributed by atoms with E-state index in [1.54, 1.807) is 37.3 Å². The van der Waals surface area contributed by atoms with Gasteiger partial charge in [0.2, 0.25) is 0 Å². The van der Waals surface area contributed by atoms with E-state index in [1.165, 1.54) is 0 Å². The van der Waals surface area contributed by atoms with Crippen molar-refractivity contribution < 1.29 is 8.42 Å².